The van der Waals surface area contributed by atoms with Crippen molar-refractivity contribution in [1.82, 2.24) is 10.2 Å². The molecule has 1 aromatic rings. The summed E-state index contributed by atoms with van der Waals surface area (Å²) in [7, 11) is 3.06. The van der Waals surface area contributed by atoms with Gasteiger partial charge in [-0.15, -0.1) is 24.8 Å². The highest BCUT2D eigenvalue weighted by molar-refractivity contribution is 5.85. The molecule has 1 heterocycles. The molecule has 26 heavy (non-hydrogen) atoms. The largest absolute Gasteiger partial charge is 0.493 e. The van der Waals surface area contributed by atoms with Crippen molar-refractivity contribution in [1.29, 1.82) is 0 Å². The molecule has 1 atom stereocenters. The van der Waals surface area contributed by atoms with Gasteiger partial charge in [0.15, 0.2) is 11.5 Å². The van der Waals surface area contributed by atoms with Crippen LogP contribution in [0.1, 0.15) is 30.9 Å². The molecule has 0 spiro atoms. The Labute approximate surface area is 166 Å². The van der Waals surface area contributed by atoms with Crippen LogP contribution in [-0.2, 0) is 0 Å². The van der Waals surface area contributed by atoms with Crippen molar-refractivity contribution >= 4 is 30.5 Å². The zero-order valence-electron chi connectivity index (χ0n) is 15.1. The van der Waals surface area contributed by atoms with E-state index in [1.165, 1.54) is 26.0 Å². The molecule has 1 aliphatic carbocycles. The molecule has 9 heteroatoms. The van der Waals surface area contributed by atoms with Crippen LogP contribution < -0.4 is 14.8 Å². The first kappa shape index (κ1) is 22.8. The smallest absolute Gasteiger partial charge is 0.278 e. The molecule has 1 saturated carbocycles. The first-order valence-electron chi connectivity index (χ1n) is 8.49. The van der Waals surface area contributed by atoms with Crippen LogP contribution in [0.3, 0.4) is 0 Å². The Balaban J connectivity index is 0.00000169. The van der Waals surface area contributed by atoms with Crippen LogP contribution in [0.25, 0.3) is 0 Å². The topological polar surface area (TPSA) is 76.9 Å². The summed E-state index contributed by atoms with van der Waals surface area (Å²) in [4.78, 5) is 13.7. The van der Waals surface area contributed by atoms with Crippen LogP contribution in [0.2, 0.25) is 0 Å². The molecular formula is C17H27Cl2N3O4. The maximum Gasteiger partial charge on any atom is 0.278 e. The molecule has 0 amide bonds. The van der Waals surface area contributed by atoms with Crippen molar-refractivity contribution in [2.24, 2.45) is 5.92 Å². The van der Waals surface area contributed by atoms with Crippen molar-refractivity contribution in [2.75, 3.05) is 40.4 Å². The second kappa shape index (κ2) is 10.2. The Bertz CT molecular complexity index is 608. The predicted molar refractivity (Wildman–Crippen MR) is 105 cm³/mol. The number of hydrogen-bond donors (Lipinski definition) is 1. The second-order valence-corrected chi connectivity index (χ2v) is 6.50. The molecule has 1 saturated heterocycles. The van der Waals surface area contributed by atoms with E-state index in [1.807, 2.05) is 0 Å². The lowest BCUT2D eigenvalue weighted by atomic mass is 9.96. The van der Waals surface area contributed by atoms with E-state index in [2.05, 4.69) is 10.2 Å². The molecule has 0 bridgehead atoms. The van der Waals surface area contributed by atoms with Gasteiger partial charge in [-0.1, -0.05) is 12.8 Å². The average molecular weight is 408 g/mol. The molecule has 0 aromatic heterocycles. The summed E-state index contributed by atoms with van der Waals surface area (Å²) in [6.07, 6.45) is 3.42. The Morgan fingerprint density at radius 2 is 1.77 bits per heavy atom. The maximum atomic E-state index is 11.7. The number of rotatable bonds is 7. The number of halogens is 2. The van der Waals surface area contributed by atoms with Gasteiger partial charge in [-0.25, -0.2) is 0 Å². The molecular weight excluding hydrogens is 381 g/mol. The van der Waals surface area contributed by atoms with E-state index < -0.39 is 0 Å². The van der Waals surface area contributed by atoms with Crippen LogP contribution >= 0.6 is 24.8 Å². The lowest BCUT2D eigenvalue weighted by Gasteiger charge is -2.35. The summed E-state index contributed by atoms with van der Waals surface area (Å²) in [6, 6.07) is 3.35. The van der Waals surface area contributed by atoms with Gasteiger partial charge in [-0.3, -0.25) is 15.0 Å². The van der Waals surface area contributed by atoms with Crippen LogP contribution in [0.4, 0.5) is 5.69 Å². The summed E-state index contributed by atoms with van der Waals surface area (Å²) >= 11 is 0. The molecule has 1 N–H and O–H groups in total. The first-order chi connectivity index (χ1) is 11.6. The third kappa shape index (κ3) is 5.13. The molecule has 148 valence electrons. The number of piperazine rings is 1. The van der Waals surface area contributed by atoms with E-state index in [-0.39, 0.29) is 41.5 Å². The van der Waals surface area contributed by atoms with E-state index >= 15 is 0 Å². The van der Waals surface area contributed by atoms with Gasteiger partial charge in [0.05, 0.1) is 30.8 Å². The molecule has 7 nitrogen and oxygen atoms in total. The number of hydrogen-bond acceptors (Lipinski definition) is 6. The molecule has 0 unspecified atom stereocenters. The summed E-state index contributed by atoms with van der Waals surface area (Å²) in [6.45, 7) is 3.65. The Hall–Kier alpha value is -1.28. The zero-order valence-corrected chi connectivity index (χ0v) is 16.7. The Kier molecular flexibility index (Phi) is 8.89. The molecule has 2 aliphatic rings. The van der Waals surface area contributed by atoms with E-state index in [0.29, 0.717) is 17.4 Å². The quantitative estimate of drug-likeness (QED) is 0.552. The second-order valence-electron chi connectivity index (χ2n) is 6.50. The van der Waals surface area contributed by atoms with Gasteiger partial charge in [-0.2, -0.15) is 0 Å². The normalized spacial score (nSPS) is 18.2. The van der Waals surface area contributed by atoms with Gasteiger partial charge >= 0.3 is 0 Å². The number of nitro benzene ring substituents is 1. The number of nitro groups is 1. The van der Waals surface area contributed by atoms with E-state index in [1.54, 1.807) is 13.2 Å². The van der Waals surface area contributed by atoms with Gasteiger partial charge in [0, 0.05) is 32.2 Å². The van der Waals surface area contributed by atoms with Crippen LogP contribution in [-0.4, -0.2) is 50.2 Å². The van der Waals surface area contributed by atoms with Gasteiger partial charge in [0.2, 0.25) is 0 Å². The standard InChI is InChI=1S/C17H25N3O4.2ClH/c1-23-16-10-13(15(20(21)22)11-17(16)24-2)14(9-12-3-4-12)19-7-5-18-6-8-19;;/h10-12,14,18H,3-9H2,1-2H3;2*1H/t14-;;/m1../s1. The monoisotopic (exact) mass is 407 g/mol. The lowest BCUT2D eigenvalue weighted by Crippen LogP contribution is -2.45. The van der Waals surface area contributed by atoms with Gasteiger partial charge in [0.25, 0.3) is 5.69 Å². The summed E-state index contributed by atoms with van der Waals surface area (Å²) in [5.74, 6) is 1.63. The van der Waals surface area contributed by atoms with Crippen molar-refractivity contribution in [3.63, 3.8) is 0 Å². The Morgan fingerprint density at radius 3 is 2.27 bits per heavy atom. The maximum absolute atomic E-state index is 11.7. The third-order valence-electron chi connectivity index (χ3n) is 4.93. The van der Waals surface area contributed by atoms with Gasteiger partial charge in [-0.05, 0) is 18.4 Å². The highest BCUT2D eigenvalue weighted by Gasteiger charge is 2.35. The third-order valence-corrected chi connectivity index (χ3v) is 4.93. The molecule has 1 aliphatic heterocycles. The van der Waals surface area contributed by atoms with E-state index in [4.69, 9.17) is 9.47 Å². The number of methoxy groups -OCH3 is 2. The number of benzene rings is 1. The van der Waals surface area contributed by atoms with Crippen LogP contribution in [0.15, 0.2) is 12.1 Å². The van der Waals surface area contributed by atoms with Crippen LogP contribution in [0.5, 0.6) is 11.5 Å². The number of nitrogens with one attached hydrogen (secondary N) is 1. The first-order valence-corrected chi connectivity index (χ1v) is 8.49. The number of ether oxygens (including phenoxy) is 2. The zero-order chi connectivity index (χ0) is 17.1. The van der Waals surface area contributed by atoms with Crippen LogP contribution in [0, 0.1) is 16.0 Å². The lowest BCUT2D eigenvalue weighted by molar-refractivity contribution is -0.386. The fourth-order valence-electron chi connectivity index (χ4n) is 3.44. The summed E-state index contributed by atoms with van der Waals surface area (Å²) < 4.78 is 10.6. The summed E-state index contributed by atoms with van der Waals surface area (Å²) in [5.41, 5.74) is 0.864. The van der Waals surface area contributed by atoms with E-state index in [9.17, 15) is 10.1 Å². The van der Waals surface area contributed by atoms with Crippen molar-refractivity contribution in [2.45, 2.75) is 25.3 Å². The minimum atomic E-state index is -0.306. The van der Waals surface area contributed by atoms with E-state index in [0.717, 1.165) is 38.2 Å². The van der Waals surface area contributed by atoms with Crippen molar-refractivity contribution in [3.05, 3.63) is 27.8 Å². The molecule has 0 radical (unpaired) electrons. The van der Waals surface area contributed by atoms with Gasteiger partial charge < -0.3 is 14.8 Å². The minimum absolute atomic E-state index is 0. The Morgan fingerprint density at radius 1 is 1.19 bits per heavy atom. The highest BCUT2D eigenvalue weighted by Crippen LogP contribution is 2.45. The summed E-state index contributed by atoms with van der Waals surface area (Å²) in [5, 5.41) is 15.0. The fourth-order valence-corrected chi connectivity index (χ4v) is 3.44. The average Bonchev–Trinajstić information content (AvgIpc) is 3.43. The molecule has 3 rings (SSSR count). The number of nitrogens with zero attached hydrogens (tertiary/aromatic N) is 2. The molecule has 1 aromatic carbocycles. The van der Waals surface area contributed by atoms with Crippen molar-refractivity contribution in [3.8, 4) is 11.5 Å². The highest BCUT2D eigenvalue weighted by atomic mass is 35.5. The van der Waals surface area contributed by atoms with Crippen molar-refractivity contribution < 1.29 is 14.4 Å². The van der Waals surface area contributed by atoms with Gasteiger partial charge in [0.1, 0.15) is 0 Å². The fraction of sp³-hybridized carbons (Fsp3) is 0.647. The SMILES string of the molecule is COc1cc([C@@H](CC2CC2)N2CCNCC2)c([N+](=O)[O-])cc1OC.Cl.Cl. The minimum Gasteiger partial charge on any atom is -0.493 e. The predicted octanol–water partition coefficient (Wildman–Crippen LogP) is 3.20. The molecule has 2 fully saturated rings.